The van der Waals surface area contributed by atoms with Gasteiger partial charge in [0.25, 0.3) is 5.91 Å². The summed E-state index contributed by atoms with van der Waals surface area (Å²) in [5.41, 5.74) is 0.554. The molecule has 2 N–H and O–H groups in total. The number of hydrogen-bond acceptors (Lipinski definition) is 7. The van der Waals surface area contributed by atoms with Crippen molar-refractivity contribution < 1.29 is 29.4 Å². The molecule has 2 aliphatic heterocycles. The van der Waals surface area contributed by atoms with Crippen LogP contribution in [0.4, 0.5) is 0 Å². The highest BCUT2D eigenvalue weighted by atomic mass is 32.1. The van der Waals surface area contributed by atoms with E-state index in [1.165, 1.54) is 34.4 Å². The summed E-state index contributed by atoms with van der Waals surface area (Å²) in [6.07, 6.45) is 0.451. The molecule has 0 unspecified atom stereocenters. The van der Waals surface area contributed by atoms with Crippen LogP contribution in [0, 0.1) is 11.8 Å². The first kappa shape index (κ1) is 21.2. The number of carbonyl (C=O) groups is 4. The van der Waals surface area contributed by atoms with E-state index >= 15 is 0 Å². The molecule has 0 radical (unpaired) electrons. The quantitative estimate of drug-likeness (QED) is 0.516. The number of thiazole rings is 1. The average Bonchev–Trinajstić information content (AvgIpc) is 3.28. The Hall–Kier alpha value is -3.05. The van der Waals surface area contributed by atoms with Crippen molar-refractivity contribution in [2.24, 2.45) is 11.8 Å². The Balaban J connectivity index is 1.97. The molecule has 0 aromatic carbocycles. The zero-order chi connectivity index (χ0) is 22.9. The Bertz CT molecular complexity index is 1190. The average molecular weight is 446 g/mol. The Kier molecular flexibility index (Phi) is 4.78. The van der Waals surface area contributed by atoms with Crippen molar-refractivity contribution in [3.8, 4) is 0 Å². The van der Waals surface area contributed by atoms with Crippen LogP contribution in [0.25, 0.3) is 10.4 Å². The fourth-order valence-corrected chi connectivity index (χ4v) is 5.98. The molecule has 4 rings (SSSR count). The number of β-lactam (4-membered cyclic amide) rings is 1. The van der Waals surface area contributed by atoms with Crippen molar-refractivity contribution in [1.82, 2.24) is 19.2 Å². The van der Waals surface area contributed by atoms with Crippen molar-refractivity contribution in [2.75, 3.05) is 14.1 Å². The monoisotopic (exact) mass is 446 g/mol. The van der Waals surface area contributed by atoms with Crippen LogP contribution in [0.3, 0.4) is 0 Å². The van der Waals surface area contributed by atoms with Gasteiger partial charge >= 0.3 is 5.97 Å². The molecule has 0 bridgehead atoms. The van der Waals surface area contributed by atoms with Crippen molar-refractivity contribution in [3.05, 3.63) is 28.3 Å². The minimum Gasteiger partial charge on any atom is -0.477 e. The summed E-state index contributed by atoms with van der Waals surface area (Å²) in [5, 5.41) is 20.0. The Morgan fingerprint density at radius 2 is 1.94 bits per heavy atom. The number of rotatable bonds is 5. The highest BCUT2D eigenvalue weighted by Crippen LogP contribution is 2.52. The van der Waals surface area contributed by atoms with Crippen LogP contribution in [0.5, 0.6) is 0 Å². The number of imidazole rings is 1. The number of amides is 2. The number of aliphatic hydroxyl groups excluding tert-OH is 1. The fourth-order valence-electron chi connectivity index (χ4n) is 4.59. The molecule has 2 aromatic heterocycles. The molecule has 4 atom stereocenters. The maximum absolute atomic E-state index is 12.6. The third kappa shape index (κ3) is 2.76. The lowest BCUT2D eigenvalue weighted by molar-refractivity contribution is -0.163. The first-order valence-corrected chi connectivity index (χ1v) is 10.5. The van der Waals surface area contributed by atoms with Gasteiger partial charge in [0.1, 0.15) is 22.5 Å². The van der Waals surface area contributed by atoms with Gasteiger partial charge in [0, 0.05) is 32.5 Å². The third-order valence-corrected chi connectivity index (χ3v) is 7.14. The lowest BCUT2D eigenvalue weighted by Gasteiger charge is -2.46. The summed E-state index contributed by atoms with van der Waals surface area (Å²) in [7, 11) is 3.18. The van der Waals surface area contributed by atoms with Gasteiger partial charge in [-0.15, -0.1) is 11.3 Å². The molecule has 0 saturated carbocycles. The van der Waals surface area contributed by atoms with E-state index < -0.39 is 35.9 Å². The largest absolute Gasteiger partial charge is 0.477 e. The van der Waals surface area contributed by atoms with Gasteiger partial charge in [0.05, 0.1) is 22.9 Å². The van der Waals surface area contributed by atoms with Crippen molar-refractivity contribution in [2.45, 2.75) is 32.9 Å². The number of nitrogens with zero attached hydrogens (tertiary/aromatic N) is 4. The first-order chi connectivity index (χ1) is 14.5. The smallest absolute Gasteiger partial charge is 0.352 e. The molecule has 10 nitrogen and oxygen atoms in total. The number of hydrogen-bond donors (Lipinski definition) is 2. The molecule has 2 aromatic rings. The number of ketones is 1. The lowest BCUT2D eigenvalue weighted by Crippen LogP contribution is -2.63. The minimum absolute atomic E-state index is 0.160. The number of fused-ring (bicyclic) bond motifs is 2. The second-order valence-corrected chi connectivity index (χ2v) is 9.12. The van der Waals surface area contributed by atoms with E-state index in [0.29, 0.717) is 15.3 Å². The van der Waals surface area contributed by atoms with Crippen LogP contribution < -0.4 is 0 Å². The van der Waals surface area contributed by atoms with Gasteiger partial charge in [0.2, 0.25) is 5.91 Å². The third-order valence-electron chi connectivity index (χ3n) is 5.94. The number of aromatic nitrogens is 2. The van der Waals surface area contributed by atoms with Crippen LogP contribution in [-0.4, -0.2) is 79.2 Å². The van der Waals surface area contributed by atoms with E-state index in [9.17, 15) is 29.4 Å². The van der Waals surface area contributed by atoms with Crippen LogP contribution in [0.2, 0.25) is 0 Å². The summed E-state index contributed by atoms with van der Waals surface area (Å²) >= 11 is 1.11. The van der Waals surface area contributed by atoms with Gasteiger partial charge in [-0.1, -0.05) is 6.92 Å². The zero-order valence-corrected chi connectivity index (χ0v) is 18.4. The molecule has 2 amide bonds. The van der Waals surface area contributed by atoms with Gasteiger partial charge in [0.15, 0.2) is 11.5 Å². The molecule has 0 spiro atoms. The second-order valence-electron chi connectivity index (χ2n) is 8.13. The summed E-state index contributed by atoms with van der Waals surface area (Å²) in [6, 6.07) is -0.504. The lowest BCUT2D eigenvalue weighted by atomic mass is 9.77. The fraction of sp³-hybridized carbons (Fsp3) is 0.450. The molecule has 164 valence electrons. The number of carbonyl (C=O) groups excluding carboxylic acids is 3. The van der Waals surface area contributed by atoms with E-state index in [4.69, 9.17) is 0 Å². The standard InChI is InChI=1S/C20H22N4O6S/c1-7-10(15(20(29)30)24-13(7)11(8(2)25)17(24)27)16-14(9(3)26)23-6-21-12(19(23)31-16)18(28)22(4)5/h6-8,11,13,25H,1-5H3,(H,29,30)/t7-,8+,11+,13+/m0/s1. The van der Waals surface area contributed by atoms with E-state index in [1.807, 2.05) is 0 Å². The second kappa shape index (κ2) is 6.99. The van der Waals surface area contributed by atoms with Gasteiger partial charge in [-0.25, -0.2) is 9.78 Å². The summed E-state index contributed by atoms with van der Waals surface area (Å²) in [4.78, 5) is 57.5. The summed E-state index contributed by atoms with van der Waals surface area (Å²) in [6.45, 7) is 4.65. The van der Waals surface area contributed by atoms with Crippen molar-refractivity contribution in [3.63, 3.8) is 0 Å². The Morgan fingerprint density at radius 3 is 2.45 bits per heavy atom. The number of aliphatic hydroxyl groups is 1. The summed E-state index contributed by atoms with van der Waals surface area (Å²) < 4.78 is 1.50. The van der Waals surface area contributed by atoms with Gasteiger partial charge < -0.3 is 20.0 Å². The van der Waals surface area contributed by atoms with Crippen LogP contribution in [-0.2, 0) is 9.59 Å². The maximum Gasteiger partial charge on any atom is 0.352 e. The summed E-state index contributed by atoms with van der Waals surface area (Å²) in [5.74, 6) is -3.52. The number of Topliss-reactive ketones (excluding diaryl/α,β-unsaturated/α-hetero) is 1. The number of carboxylic acids is 1. The topological polar surface area (TPSA) is 133 Å². The number of aliphatic carboxylic acids is 1. The molecular weight excluding hydrogens is 424 g/mol. The molecule has 11 heteroatoms. The SMILES string of the molecule is CC(=O)c1c(C2=C(C(=O)O)N3C(=O)[C@H]([C@@H](C)O)[C@H]3[C@H]2C)sc2c(C(=O)N(C)C)ncn12. The van der Waals surface area contributed by atoms with E-state index in [-0.39, 0.29) is 28.8 Å². The van der Waals surface area contributed by atoms with Crippen LogP contribution >= 0.6 is 11.3 Å². The van der Waals surface area contributed by atoms with Gasteiger partial charge in [-0.2, -0.15) is 0 Å². The Morgan fingerprint density at radius 1 is 1.29 bits per heavy atom. The van der Waals surface area contributed by atoms with E-state index in [2.05, 4.69) is 4.98 Å². The maximum atomic E-state index is 12.6. The highest BCUT2D eigenvalue weighted by Gasteiger charge is 2.60. The molecule has 1 fully saturated rings. The molecule has 31 heavy (non-hydrogen) atoms. The van der Waals surface area contributed by atoms with Crippen LogP contribution in [0.15, 0.2) is 12.0 Å². The molecule has 1 saturated heterocycles. The minimum atomic E-state index is -1.28. The molecule has 4 heterocycles. The first-order valence-electron chi connectivity index (χ1n) is 9.70. The van der Waals surface area contributed by atoms with Gasteiger partial charge in [-0.05, 0) is 6.92 Å². The van der Waals surface area contributed by atoms with Crippen molar-refractivity contribution >= 4 is 45.3 Å². The Labute approximate surface area is 181 Å². The molecular formula is C20H22N4O6S. The molecule has 2 aliphatic rings. The number of carboxylic acid groups (broad SMARTS) is 1. The molecule has 0 aliphatic carbocycles. The predicted molar refractivity (Wildman–Crippen MR) is 111 cm³/mol. The van der Waals surface area contributed by atoms with Crippen LogP contribution in [0.1, 0.15) is 46.6 Å². The van der Waals surface area contributed by atoms with E-state index in [1.54, 1.807) is 21.0 Å². The van der Waals surface area contributed by atoms with E-state index in [0.717, 1.165) is 11.3 Å². The highest BCUT2D eigenvalue weighted by molar-refractivity contribution is 7.19. The predicted octanol–water partition coefficient (Wildman–Crippen LogP) is 0.953. The normalized spacial score (nSPS) is 23.7. The van der Waals surface area contributed by atoms with Gasteiger partial charge in [-0.3, -0.25) is 18.8 Å². The van der Waals surface area contributed by atoms with Crippen molar-refractivity contribution in [1.29, 1.82) is 0 Å². The zero-order valence-electron chi connectivity index (χ0n) is 17.6.